The summed E-state index contributed by atoms with van der Waals surface area (Å²) in [5, 5.41) is 4.47. The van der Waals surface area contributed by atoms with Crippen LogP contribution in [0.4, 0.5) is 0 Å². The molecule has 112 valence electrons. The fourth-order valence-corrected chi connectivity index (χ4v) is 2.43. The first-order chi connectivity index (χ1) is 10.1. The van der Waals surface area contributed by atoms with Crippen LogP contribution in [0.1, 0.15) is 23.9 Å². The van der Waals surface area contributed by atoms with Crippen LogP contribution in [0.5, 0.6) is 5.75 Å². The molecular formula is C16H18Cl2N2O. The summed E-state index contributed by atoms with van der Waals surface area (Å²) >= 11 is 12.3. The molecular weight excluding hydrogens is 307 g/mol. The molecule has 0 unspecified atom stereocenters. The second kappa shape index (κ2) is 7.64. The zero-order valence-corrected chi connectivity index (χ0v) is 13.6. The molecule has 2 rings (SSSR count). The van der Waals surface area contributed by atoms with Gasteiger partial charge >= 0.3 is 0 Å². The van der Waals surface area contributed by atoms with Gasteiger partial charge in [0.25, 0.3) is 0 Å². The molecule has 5 heteroatoms. The molecule has 0 fully saturated rings. The Bertz CT molecular complexity index is 597. The van der Waals surface area contributed by atoms with Crippen LogP contribution in [-0.2, 0) is 13.2 Å². The van der Waals surface area contributed by atoms with Crippen molar-refractivity contribution in [2.45, 2.75) is 27.0 Å². The van der Waals surface area contributed by atoms with Gasteiger partial charge in [0.15, 0.2) is 0 Å². The molecule has 0 bridgehead atoms. The van der Waals surface area contributed by atoms with Crippen molar-refractivity contribution < 1.29 is 4.74 Å². The molecule has 0 radical (unpaired) electrons. The zero-order valence-electron chi connectivity index (χ0n) is 12.1. The normalized spacial score (nSPS) is 10.7. The van der Waals surface area contributed by atoms with Gasteiger partial charge in [-0.25, -0.2) is 0 Å². The molecule has 0 saturated heterocycles. The van der Waals surface area contributed by atoms with E-state index < -0.39 is 0 Å². The van der Waals surface area contributed by atoms with E-state index in [0.717, 1.165) is 29.2 Å². The van der Waals surface area contributed by atoms with Gasteiger partial charge < -0.3 is 10.1 Å². The number of benzene rings is 1. The molecule has 1 aromatic carbocycles. The minimum absolute atomic E-state index is 0.322. The minimum Gasteiger partial charge on any atom is -0.487 e. The average molecular weight is 325 g/mol. The molecule has 0 saturated carbocycles. The molecule has 0 aliphatic rings. The molecule has 0 amide bonds. The van der Waals surface area contributed by atoms with Crippen molar-refractivity contribution in [3.63, 3.8) is 0 Å². The van der Waals surface area contributed by atoms with E-state index in [1.807, 2.05) is 25.1 Å². The highest BCUT2D eigenvalue weighted by Gasteiger charge is 2.09. The lowest BCUT2D eigenvalue weighted by molar-refractivity contribution is 0.300. The summed E-state index contributed by atoms with van der Waals surface area (Å²) in [6.07, 6.45) is 0. The van der Waals surface area contributed by atoms with Crippen molar-refractivity contribution in [3.05, 3.63) is 57.3 Å². The minimum atomic E-state index is 0.322. The standard InChI is InChI=1S/C16H18Cl2N2O/c1-3-19-9-15-16(8-7-11(2)20-15)21-10-12-13(17)5-4-6-14(12)18/h4-8,19H,3,9-10H2,1-2H3. The quantitative estimate of drug-likeness (QED) is 0.855. The van der Waals surface area contributed by atoms with E-state index in [4.69, 9.17) is 27.9 Å². The van der Waals surface area contributed by atoms with E-state index in [1.54, 1.807) is 12.1 Å². The summed E-state index contributed by atoms with van der Waals surface area (Å²) in [5.74, 6) is 0.748. The number of nitrogens with zero attached hydrogens (tertiary/aromatic N) is 1. The van der Waals surface area contributed by atoms with Crippen molar-refractivity contribution >= 4 is 23.2 Å². The lowest BCUT2D eigenvalue weighted by Gasteiger charge is -2.13. The van der Waals surface area contributed by atoms with Crippen LogP contribution in [0.15, 0.2) is 30.3 Å². The summed E-state index contributed by atoms with van der Waals surface area (Å²) in [7, 11) is 0. The maximum absolute atomic E-state index is 6.15. The first-order valence-electron chi connectivity index (χ1n) is 6.84. The second-order valence-electron chi connectivity index (χ2n) is 4.67. The number of nitrogens with one attached hydrogen (secondary N) is 1. The van der Waals surface area contributed by atoms with Crippen molar-refractivity contribution in [2.24, 2.45) is 0 Å². The number of hydrogen-bond acceptors (Lipinski definition) is 3. The van der Waals surface area contributed by atoms with Crippen LogP contribution in [0, 0.1) is 6.92 Å². The van der Waals surface area contributed by atoms with Gasteiger partial charge in [-0.1, -0.05) is 36.2 Å². The van der Waals surface area contributed by atoms with Crippen LogP contribution in [0.3, 0.4) is 0 Å². The lowest BCUT2D eigenvalue weighted by Crippen LogP contribution is -2.14. The Kier molecular flexibility index (Phi) is 5.85. The predicted octanol–water partition coefficient (Wildman–Crippen LogP) is 4.39. The smallest absolute Gasteiger partial charge is 0.142 e. The summed E-state index contributed by atoms with van der Waals surface area (Å²) in [6.45, 7) is 5.89. The largest absolute Gasteiger partial charge is 0.487 e. The fourth-order valence-electron chi connectivity index (χ4n) is 1.92. The number of aryl methyl sites for hydroxylation is 1. The van der Waals surface area contributed by atoms with E-state index in [-0.39, 0.29) is 0 Å². The van der Waals surface area contributed by atoms with Gasteiger partial charge in [0.2, 0.25) is 0 Å². The van der Waals surface area contributed by atoms with E-state index in [1.165, 1.54) is 0 Å². The van der Waals surface area contributed by atoms with Crippen LogP contribution < -0.4 is 10.1 Å². The maximum atomic E-state index is 6.15. The Morgan fingerprint density at radius 1 is 1.14 bits per heavy atom. The number of ether oxygens (including phenoxy) is 1. The third-order valence-electron chi connectivity index (χ3n) is 3.05. The van der Waals surface area contributed by atoms with E-state index >= 15 is 0 Å². The van der Waals surface area contributed by atoms with Crippen LogP contribution in [-0.4, -0.2) is 11.5 Å². The molecule has 0 aliphatic heterocycles. The lowest BCUT2D eigenvalue weighted by atomic mass is 10.2. The number of pyridine rings is 1. The molecule has 1 heterocycles. The van der Waals surface area contributed by atoms with Crippen LogP contribution in [0.25, 0.3) is 0 Å². The SMILES string of the molecule is CCNCc1nc(C)ccc1OCc1c(Cl)cccc1Cl. The highest BCUT2D eigenvalue weighted by Crippen LogP contribution is 2.26. The van der Waals surface area contributed by atoms with Gasteiger partial charge in [-0.3, -0.25) is 4.98 Å². The zero-order chi connectivity index (χ0) is 15.2. The van der Waals surface area contributed by atoms with Gasteiger partial charge in [0.05, 0.1) is 5.69 Å². The van der Waals surface area contributed by atoms with Crippen molar-refractivity contribution in [3.8, 4) is 5.75 Å². The number of halogens is 2. The average Bonchev–Trinajstić information content (AvgIpc) is 2.46. The van der Waals surface area contributed by atoms with Gasteiger partial charge in [-0.15, -0.1) is 0 Å². The van der Waals surface area contributed by atoms with E-state index in [9.17, 15) is 0 Å². The Hall–Kier alpha value is -1.29. The monoisotopic (exact) mass is 324 g/mol. The Labute approximate surface area is 135 Å². The molecule has 1 N–H and O–H groups in total. The maximum Gasteiger partial charge on any atom is 0.142 e. The topological polar surface area (TPSA) is 34.2 Å². The third-order valence-corrected chi connectivity index (χ3v) is 3.76. The molecule has 1 aromatic heterocycles. The van der Waals surface area contributed by atoms with Crippen molar-refractivity contribution in [2.75, 3.05) is 6.54 Å². The van der Waals surface area contributed by atoms with Crippen molar-refractivity contribution in [1.29, 1.82) is 0 Å². The highest BCUT2D eigenvalue weighted by molar-refractivity contribution is 6.35. The van der Waals surface area contributed by atoms with Gasteiger partial charge in [-0.2, -0.15) is 0 Å². The van der Waals surface area contributed by atoms with Crippen LogP contribution in [0.2, 0.25) is 10.0 Å². The van der Waals surface area contributed by atoms with Crippen LogP contribution >= 0.6 is 23.2 Å². The Morgan fingerprint density at radius 2 is 1.86 bits per heavy atom. The van der Waals surface area contributed by atoms with Gasteiger partial charge in [0.1, 0.15) is 12.4 Å². The van der Waals surface area contributed by atoms with E-state index in [2.05, 4.69) is 17.2 Å². The molecule has 0 atom stereocenters. The fraction of sp³-hybridized carbons (Fsp3) is 0.312. The Balaban J connectivity index is 2.16. The first kappa shape index (κ1) is 16.1. The molecule has 3 nitrogen and oxygen atoms in total. The Morgan fingerprint density at radius 3 is 2.52 bits per heavy atom. The molecule has 21 heavy (non-hydrogen) atoms. The first-order valence-corrected chi connectivity index (χ1v) is 7.60. The molecule has 0 spiro atoms. The molecule has 2 aromatic rings. The summed E-state index contributed by atoms with van der Waals surface area (Å²) in [5.41, 5.74) is 2.64. The number of aromatic nitrogens is 1. The predicted molar refractivity (Wildman–Crippen MR) is 87.1 cm³/mol. The van der Waals surface area contributed by atoms with Crippen molar-refractivity contribution in [1.82, 2.24) is 10.3 Å². The van der Waals surface area contributed by atoms with Gasteiger partial charge in [-0.05, 0) is 37.7 Å². The summed E-state index contributed by atoms with van der Waals surface area (Å²) in [6, 6.07) is 9.29. The summed E-state index contributed by atoms with van der Waals surface area (Å²) in [4.78, 5) is 4.51. The summed E-state index contributed by atoms with van der Waals surface area (Å²) < 4.78 is 5.87. The van der Waals surface area contributed by atoms with Gasteiger partial charge in [0, 0.05) is 27.8 Å². The van der Waals surface area contributed by atoms with E-state index in [0.29, 0.717) is 23.2 Å². The number of hydrogen-bond donors (Lipinski definition) is 1. The number of rotatable bonds is 6. The third kappa shape index (κ3) is 4.34. The molecule has 0 aliphatic carbocycles. The highest BCUT2D eigenvalue weighted by atomic mass is 35.5. The second-order valence-corrected chi connectivity index (χ2v) is 5.48.